The van der Waals surface area contributed by atoms with Crippen molar-refractivity contribution in [3.63, 3.8) is 0 Å². The third-order valence-electron chi connectivity index (χ3n) is 3.32. The zero-order valence-electron chi connectivity index (χ0n) is 10.9. The fourth-order valence-electron chi connectivity index (χ4n) is 2.22. The first-order valence-electron chi connectivity index (χ1n) is 6.29. The summed E-state index contributed by atoms with van der Waals surface area (Å²) < 4.78 is 1.57. The van der Waals surface area contributed by atoms with Gasteiger partial charge in [-0.05, 0) is 37.7 Å². The summed E-state index contributed by atoms with van der Waals surface area (Å²) in [6.07, 6.45) is 3.91. The van der Waals surface area contributed by atoms with Crippen LogP contribution in [0.2, 0.25) is 0 Å². The first kappa shape index (κ1) is 14.0. The Balaban J connectivity index is 1.87. The molecule has 1 atom stereocenters. The molecule has 2 N–H and O–H groups in total. The quantitative estimate of drug-likeness (QED) is 0.860. The van der Waals surface area contributed by atoms with Gasteiger partial charge in [0, 0.05) is 17.5 Å². The molecule has 19 heavy (non-hydrogen) atoms. The number of thioether (sulfide) groups is 1. The van der Waals surface area contributed by atoms with Crippen LogP contribution in [-0.2, 0) is 11.3 Å². The molecule has 1 unspecified atom stereocenters. The van der Waals surface area contributed by atoms with Gasteiger partial charge in [-0.15, -0.1) is 0 Å². The van der Waals surface area contributed by atoms with Crippen molar-refractivity contribution in [1.82, 2.24) is 9.88 Å². The molecule has 5 nitrogen and oxygen atoms in total. The van der Waals surface area contributed by atoms with Gasteiger partial charge in [0.1, 0.15) is 12.2 Å². The van der Waals surface area contributed by atoms with Crippen molar-refractivity contribution in [2.75, 3.05) is 12.3 Å². The van der Waals surface area contributed by atoms with Gasteiger partial charge in [0.2, 0.25) is 5.91 Å². The Labute approximate surface area is 116 Å². The van der Waals surface area contributed by atoms with Gasteiger partial charge in [-0.25, -0.2) is 4.79 Å². The second-order valence-corrected chi connectivity index (χ2v) is 6.69. The van der Waals surface area contributed by atoms with Crippen LogP contribution >= 0.6 is 11.8 Å². The summed E-state index contributed by atoms with van der Waals surface area (Å²) in [5.74, 6) is -0.0174. The third-order valence-corrected chi connectivity index (χ3v) is 4.86. The van der Waals surface area contributed by atoms with Gasteiger partial charge in [0.25, 0.3) is 0 Å². The minimum Gasteiger partial charge on any atom is -0.477 e. The van der Waals surface area contributed by atoms with Crippen LogP contribution in [0.5, 0.6) is 0 Å². The Kier molecular flexibility index (Phi) is 4.19. The summed E-state index contributed by atoms with van der Waals surface area (Å²) in [6, 6.07) is 3.12. The van der Waals surface area contributed by atoms with E-state index < -0.39 is 5.97 Å². The number of hydrogen-bond donors (Lipinski definition) is 2. The van der Waals surface area contributed by atoms with Gasteiger partial charge >= 0.3 is 5.97 Å². The predicted octanol–water partition coefficient (Wildman–Crippen LogP) is 1.59. The van der Waals surface area contributed by atoms with Crippen LogP contribution < -0.4 is 5.32 Å². The molecule has 0 aliphatic carbocycles. The molecule has 1 aliphatic heterocycles. The molecule has 0 aromatic carbocycles. The van der Waals surface area contributed by atoms with E-state index in [-0.39, 0.29) is 22.9 Å². The SMILES string of the molecule is CC1(CNC(=O)Cn2cccc2C(=O)O)CCCS1. The van der Waals surface area contributed by atoms with E-state index in [1.165, 1.54) is 17.1 Å². The maximum Gasteiger partial charge on any atom is 0.352 e. The summed E-state index contributed by atoms with van der Waals surface area (Å²) in [5.41, 5.74) is 0.136. The molecule has 1 aromatic heterocycles. The number of hydrogen-bond acceptors (Lipinski definition) is 3. The molecule has 1 amide bonds. The molecule has 104 valence electrons. The largest absolute Gasteiger partial charge is 0.477 e. The Morgan fingerprint density at radius 1 is 1.58 bits per heavy atom. The number of amides is 1. The molecule has 6 heteroatoms. The van der Waals surface area contributed by atoms with Gasteiger partial charge in [-0.3, -0.25) is 4.79 Å². The Morgan fingerprint density at radius 3 is 3.00 bits per heavy atom. The monoisotopic (exact) mass is 282 g/mol. The molecular formula is C13H18N2O3S. The van der Waals surface area contributed by atoms with Crippen molar-refractivity contribution in [1.29, 1.82) is 0 Å². The lowest BCUT2D eigenvalue weighted by Crippen LogP contribution is -2.38. The number of nitrogens with zero attached hydrogens (tertiary/aromatic N) is 1. The highest BCUT2D eigenvalue weighted by molar-refractivity contribution is 8.00. The Hall–Kier alpha value is -1.43. The summed E-state index contributed by atoms with van der Waals surface area (Å²) in [7, 11) is 0. The number of carbonyl (C=O) groups is 2. The van der Waals surface area contributed by atoms with Crippen LogP contribution in [-0.4, -0.2) is 38.6 Å². The first-order valence-corrected chi connectivity index (χ1v) is 7.28. The lowest BCUT2D eigenvalue weighted by Gasteiger charge is -2.23. The minimum atomic E-state index is -1.02. The van der Waals surface area contributed by atoms with Crippen LogP contribution in [0.25, 0.3) is 0 Å². The van der Waals surface area contributed by atoms with Crippen molar-refractivity contribution in [2.45, 2.75) is 31.1 Å². The van der Waals surface area contributed by atoms with Crippen LogP contribution in [0.4, 0.5) is 0 Å². The smallest absolute Gasteiger partial charge is 0.352 e. The van der Waals surface area contributed by atoms with Crippen LogP contribution in [0.1, 0.15) is 30.3 Å². The lowest BCUT2D eigenvalue weighted by atomic mass is 10.1. The van der Waals surface area contributed by atoms with Gasteiger partial charge in [0.15, 0.2) is 0 Å². The highest BCUT2D eigenvalue weighted by atomic mass is 32.2. The summed E-state index contributed by atoms with van der Waals surface area (Å²) in [6.45, 7) is 2.85. The molecule has 0 bridgehead atoms. The molecule has 1 fully saturated rings. The Morgan fingerprint density at radius 2 is 2.37 bits per heavy atom. The lowest BCUT2D eigenvalue weighted by molar-refractivity contribution is -0.121. The fourth-order valence-corrected chi connectivity index (χ4v) is 3.46. The fraction of sp³-hybridized carbons (Fsp3) is 0.538. The van der Waals surface area contributed by atoms with E-state index >= 15 is 0 Å². The highest BCUT2D eigenvalue weighted by Gasteiger charge is 2.29. The van der Waals surface area contributed by atoms with Gasteiger partial charge in [0.05, 0.1) is 0 Å². The molecule has 1 saturated heterocycles. The number of aromatic nitrogens is 1. The zero-order valence-corrected chi connectivity index (χ0v) is 11.7. The van der Waals surface area contributed by atoms with Crippen LogP contribution in [0.3, 0.4) is 0 Å². The minimum absolute atomic E-state index is 0.0510. The molecule has 0 radical (unpaired) electrons. The van der Waals surface area contributed by atoms with Gasteiger partial charge in [-0.1, -0.05) is 0 Å². The number of carboxylic acid groups (broad SMARTS) is 1. The second-order valence-electron chi connectivity index (χ2n) is 5.01. The van der Waals surface area contributed by atoms with Crippen LogP contribution in [0.15, 0.2) is 18.3 Å². The van der Waals surface area contributed by atoms with Crippen molar-refractivity contribution in [3.8, 4) is 0 Å². The van der Waals surface area contributed by atoms with Gasteiger partial charge < -0.3 is 15.0 Å². The number of rotatable bonds is 5. The Bertz CT molecular complexity index is 478. The third kappa shape index (κ3) is 3.53. The molecule has 1 aliphatic rings. The van der Waals surface area contributed by atoms with E-state index in [1.807, 2.05) is 11.8 Å². The van der Waals surface area contributed by atoms with Crippen LogP contribution in [0, 0.1) is 0 Å². The van der Waals surface area contributed by atoms with Crippen molar-refractivity contribution >= 4 is 23.6 Å². The topological polar surface area (TPSA) is 71.3 Å². The first-order chi connectivity index (χ1) is 9.00. The van der Waals surface area contributed by atoms with E-state index in [4.69, 9.17) is 5.11 Å². The number of nitrogens with one attached hydrogen (secondary N) is 1. The predicted molar refractivity (Wildman–Crippen MR) is 74.5 cm³/mol. The standard InChI is InChI=1S/C13H18N2O3S/c1-13(5-3-7-19-13)9-14-11(16)8-15-6-2-4-10(15)12(17)18/h2,4,6H,3,5,7-9H2,1H3,(H,14,16)(H,17,18). The van der Waals surface area contributed by atoms with E-state index in [9.17, 15) is 9.59 Å². The molecule has 2 heterocycles. The molecule has 0 saturated carbocycles. The number of aromatic carboxylic acids is 1. The van der Waals surface area contributed by atoms with E-state index in [0.717, 1.165) is 12.2 Å². The van der Waals surface area contributed by atoms with E-state index in [2.05, 4.69) is 12.2 Å². The second kappa shape index (κ2) is 5.69. The summed E-state index contributed by atoms with van der Waals surface area (Å²) in [5, 5.41) is 11.9. The van der Waals surface area contributed by atoms with Crippen molar-refractivity contribution < 1.29 is 14.7 Å². The van der Waals surface area contributed by atoms with Crippen molar-refractivity contribution in [2.24, 2.45) is 0 Å². The number of carboxylic acids is 1. The maximum absolute atomic E-state index is 11.9. The zero-order chi connectivity index (χ0) is 13.9. The molecular weight excluding hydrogens is 264 g/mol. The molecule has 0 spiro atoms. The number of carbonyl (C=O) groups excluding carboxylic acids is 1. The van der Waals surface area contributed by atoms with E-state index in [1.54, 1.807) is 12.3 Å². The van der Waals surface area contributed by atoms with Gasteiger partial charge in [-0.2, -0.15) is 11.8 Å². The summed E-state index contributed by atoms with van der Waals surface area (Å²) >= 11 is 1.89. The van der Waals surface area contributed by atoms with E-state index in [0.29, 0.717) is 6.54 Å². The average molecular weight is 282 g/mol. The normalized spacial score (nSPS) is 22.4. The molecule has 2 rings (SSSR count). The highest BCUT2D eigenvalue weighted by Crippen LogP contribution is 2.36. The summed E-state index contributed by atoms with van der Waals surface area (Å²) in [4.78, 5) is 22.8. The molecule has 1 aromatic rings. The average Bonchev–Trinajstić information content (AvgIpc) is 2.96. The maximum atomic E-state index is 11.9. The van der Waals surface area contributed by atoms with Crippen molar-refractivity contribution in [3.05, 3.63) is 24.0 Å².